The van der Waals surface area contributed by atoms with Gasteiger partial charge in [0.15, 0.2) is 0 Å². The van der Waals surface area contributed by atoms with E-state index in [1.54, 1.807) is 6.08 Å². The molecule has 0 rings (SSSR count). The minimum Gasteiger partial charge on any atom is -0.394 e. The Morgan fingerprint density at radius 1 is 0.397 bits per heavy atom. The average molecular weight is 818 g/mol. The normalized spacial score (nSPS) is 12.8. The Labute approximate surface area is 365 Å². The number of aliphatic hydroxyl groups excluding tert-OH is 2. The molecule has 346 valence electrons. The topological polar surface area (TPSA) is 69.6 Å². The van der Waals surface area contributed by atoms with Crippen LogP contribution in [0, 0.1) is 0 Å². The highest BCUT2D eigenvalue weighted by molar-refractivity contribution is 5.76. The van der Waals surface area contributed by atoms with E-state index in [1.807, 2.05) is 6.08 Å². The van der Waals surface area contributed by atoms with Gasteiger partial charge in [-0.2, -0.15) is 0 Å². The van der Waals surface area contributed by atoms with Crippen LogP contribution in [0.15, 0.2) is 12.2 Å². The summed E-state index contributed by atoms with van der Waals surface area (Å²) in [6, 6.07) is -0.616. The number of allylic oxidation sites excluding steroid dienone is 1. The second kappa shape index (κ2) is 50.5. The van der Waals surface area contributed by atoms with E-state index in [0.29, 0.717) is 6.42 Å². The van der Waals surface area contributed by atoms with Crippen LogP contribution in [0.3, 0.4) is 0 Å². The van der Waals surface area contributed by atoms with Crippen molar-refractivity contribution in [3.63, 3.8) is 0 Å². The highest BCUT2D eigenvalue weighted by Crippen LogP contribution is 2.18. The van der Waals surface area contributed by atoms with Gasteiger partial charge in [0.05, 0.1) is 18.8 Å². The van der Waals surface area contributed by atoms with Crippen molar-refractivity contribution in [1.82, 2.24) is 5.32 Å². The van der Waals surface area contributed by atoms with Gasteiger partial charge in [0.2, 0.25) is 5.91 Å². The van der Waals surface area contributed by atoms with Crippen molar-refractivity contribution in [1.29, 1.82) is 0 Å². The van der Waals surface area contributed by atoms with E-state index >= 15 is 0 Å². The van der Waals surface area contributed by atoms with E-state index < -0.39 is 12.1 Å². The molecule has 0 spiro atoms. The molecule has 0 aromatic carbocycles. The van der Waals surface area contributed by atoms with Crippen LogP contribution >= 0.6 is 0 Å². The number of unbranched alkanes of at least 4 members (excludes halogenated alkanes) is 43. The van der Waals surface area contributed by atoms with Crippen LogP contribution in [-0.4, -0.2) is 34.9 Å². The Morgan fingerprint density at radius 3 is 0.897 bits per heavy atom. The summed E-state index contributed by atoms with van der Waals surface area (Å²) in [5.74, 6) is -0.0588. The Morgan fingerprint density at radius 2 is 0.638 bits per heavy atom. The predicted molar refractivity (Wildman–Crippen MR) is 258 cm³/mol. The van der Waals surface area contributed by atoms with Gasteiger partial charge in [-0.05, 0) is 19.3 Å². The summed E-state index contributed by atoms with van der Waals surface area (Å²) in [6.07, 6.45) is 65.3. The molecule has 4 heteroatoms. The molecule has 0 unspecified atom stereocenters. The van der Waals surface area contributed by atoms with E-state index in [4.69, 9.17) is 0 Å². The predicted octanol–water partition coefficient (Wildman–Crippen LogP) is 17.4. The SMILES string of the molecule is CCCCCCCCCCC/C=C/[C@@H](O)[C@H](CO)NC(=O)CCCCCCCCCCCCCCCCCCCCCCCCCCCCCCCCCCCCC. The standard InChI is InChI=1S/C54H107NO3/c1-3-5-7-9-11-13-15-16-17-18-19-20-21-22-23-24-25-26-27-28-29-30-31-32-33-34-35-36-37-38-40-42-44-46-48-50-54(58)55-52(51-56)53(57)49-47-45-43-41-39-14-12-10-8-6-4-2/h47,49,52-53,56-57H,3-46,48,50-51H2,1-2H3,(H,55,58)/b49-47+/t52-,53+/m0/s1. The zero-order valence-electron chi connectivity index (χ0n) is 39.8. The number of hydrogen-bond donors (Lipinski definition) is 3. The van der Waals surface area contributed by atoms with Gasteiger partial charge in [0.25, 0.3) is 0 Å². The van der Waals surface area contributed by atoms with Crippen LogP contribution in [0.25, 0.3) is 0 Å². The molecule has 0 aliphatic heterocycles. The van der Waals surface area contributed by atoms with Crippen LogP contribution < -0.4 is 5.32 Å². The molecule has 0 aliphatic carbocycles. The number of rotatable bonds is 50. The monoisotopic (exact) mass is 818 g/mol. The fourth-order valence-corrected chi connectivity index (χ4v) is 8.65. The summed E-state index contributed by atoms with van der Waals surface area (Å²) < 4.78 is 0. The Kier molecular flexibility index (Phi) is 49.7. The third-order valence-corrected chi connectivity index (χ3v) is 12.8. The maximum atomic E-state index is 12.4. The van der Waals surface area contributed by atoms with Gasteiger partial charge in [0, 0.05) is 6.42 Å². The Hall–Kier alpha value is -0.870. The summed E-state index contributed by atoms with van der Waals surface area (Å²) in [5.41, 5.74) is 0. The Bertz CT molecular complexity index is 799. The molecule has 0 saturated heterocycles. The molecular weight excluding hydrogens is 711 g/mol. The van der Waals surface area contributed by atoms with Gasteiger partial charge in [-0.25, -0.2) is 0 Å². The minimum absolute atomic E-state index is 0.0588. The van der Waals surface area contributed by atoms with Gasteiger partial charge in [-0.1, -0.05) is 296 Å². The fourth-order valence-electron chi connectivity index (χ4n) is 8.65. The molecule has 1 amide bonds. The van der Waals surface area contributed by atoms with Crippen molar-refractivity contribution < 1.29 is 15.0 Å². The lowest BCUT2D eigenvalue weighted by atomic mass is 10.0. The second-order valence-corrected chi connectivity index (χ2v) is 18.7. The summed E-state index contributed by atoms with van der Waals surface area (Å²) in [7, 11) is 0. The minimum atomic E-state index is -0.833. The zero-order valence-corrected chi connectivity index (χ0v) is 39.8. The molecule has 4 nitrogen and oxygen atoms in total. The highest BCUT2D eigenvalue weighted by Gasteiger charge is 2.18. The molecule has 0 aromatic rings. The van der Waals surface area contributed by atoms with E-state index in [2.05, 4.69) is 19.2 Å². The molecule has 0 fully saturated rings. The smallest absolute Gasteiger partial charge is 0.220 e. The van der Waals surface area contributed by atoms with E-state index in [1.165, 1.54) is 263 Å². The van der Waals surface area contributed by atoms with Crippen molar-refractivity contribution in [3.8, 4) is 0 Å². The van der Waals surface area contributed by atoms with Crippen molar-refractivity contribution in [2.45, 2.75) is 321 Å². The molecule has 58 heavy (non-hydrogen) atoms. The number of amides is 1. The summed E-state index contributed by atoms with van der Waals surface area (Å²) in [5, 5.41) is 23.0. The number of hydrogen-bond acceptors (Lipinski definition) is 3. The van der Waals surface area contributed by atoms with Crippen LogP contribution in [-0.2, 0) is 4.79 Å². The summed E-state index contributed by atoms with van der Waals surface area (Å²) in [4.78, 5) is 12.4. The van der Waals surface area contributed by atoms with E-state index in [-0.39, 0.29) is 12.5 Å². The van der Waals surface area contributed by atoms with Gasteiger partial charge in [-0.15, -0.1) is 0 Å². The lowest BCUT2D eigenvalue weighted by Gasteiger charge is -2.20. The van der Waals surface area contributed by atoms with Crippen LogP contribution in [0.2, 0.25) is 0 Å². The summed E-state index contributed by atoms with van der Waals surface area (Å²) >= 11 is 0. The number of aliphatic hydroxyl groups is 2. The number of carbonyl (C=O) groups is 1. The molecule has 2 atom stereocenters. The van der Waals surface area contributed by atoms with Gasteiger partial charge in [-0.3, -0.25) is 4.79 Å². The van der Waals surface area contributed by atoms with Gasteiger partial charge >= 0.3 is 0 Å². The van der Waals surface area contributed by atoms with Gasteiger partial charge in [0.1, 0.15) is 0 Å². The molecule has 3 N–H and O–H groups in total. The molecule has 0 radical (unpaired) electrons. The first kappa shape index (κ1) is 57.1. The number of carbonyl (C=O) groups excluding carboxylic acids is 1. The second-order valence-electron chi connectivity index (χ2n) is 18.7. The molecule has 0 aliphatic rings. The maximum Gasteiger partial charge on any atom is 0.220 e. The zero-order chi connectivity index (χ0) is 42.1. The van der Waals surface area contributed by atoms with E-state index in [0.717, 1.165) is 25.7 Å². The van der Waals surface area contributed by atoms with Crippen molar-refractivity contribution >= 4 is 5.91 Å². The number of nitrogens with one attached hydrogen (secondary N) is 1. The molecule has 0 bridgehead atoms. The third-order valence-electron chi connectivity index (χ3n) is 12.8. The van der Waals surface area contributed by atoms with Crippen LogP contribution in [0.4, 0.5) is 0 Å². The molecular formula is C54H107NO3. The van der Waals surface area contributed by atoms with Gasteiger partial charge < -0.3 is 15.5 Å². The molecule has 0 saturated carbocycles. The van der Waals surface area contributed by atoms with Crippen LogP contribution in [0.5, 0.6) is 0 Å². The first-order valence-corrected chi connectivity index (χ1v) is 26.9. The quantitative estimate of drug-likeness (QED) is 0.0423. The van der Waals surface area contributed by atoms with Crippen LogP contribution in [0.1, 0.15) is 309 Å². The lowest BCUT2D eigenvalue weighted by Crippen LogP contribution is -2.45. The third kappa shape index (κ3) is 46.2. The van der Waals surface area contributed by atoms with E-state index in [9.17, 15) is 15.0 Å². The highest BCUT2D eigenvalue weighted by atomic mass is 16.3. The molecule has 0 aromatic heterocycles. The maximum absolute atomic E-state index is 12.4. The fraction of sp³-hybridized carbons (Fsp3) is 0.944. The molecule has 0 heterocycles. The summed E-state index contributed by atoms with van der Waals surface area (Å²) in [6.45, 7) is 4.32. The van der Waals surface area contributed by atoms with Crippen molar-refractivity contribution in [3.05, 3.63) is 12.2 Å². The largest absolute Gasteiger partial charge is 0.394 e. The van der Waals surface area contributed by atoms with Crippen molar-refractivity contribution in [2.24, 2.45) is 0 Å². The lowest BCUT2D eigenvalue weighted by molar-refractivity contribution is -0.123. The average Bonchev–Trinajstić information content (AvgIpc) is 3.23. The van der Waals surface area contributed by atoms with Crippen molar-refractivity contribution in [2.75, 3.05) is 6.61 Å². The first-order chi connectivity index (χ1) is 28.7. The first-order valence-electron chi connectivity index (χ1n) is 26.9. The Balaban J connectivity index is 3.34.